The van der Waals surface area contributed by atoms with Crippen LogP contribution in [0.3, 0.4) is 0 Å². The predicted octanol–water partition coefficient (Wildman–Crippen LogP) is 2.61. The first-order chi connectivity index (χ1) is 8.71. The number of carbonyl (C=O) groups is 1. The van der Waals surface area contributed by atoms with E-state index in [-0.39, 0.29) is 0 Å². The summed E-state index contributed by atoms with van der Waals surface area (Å²) < 4.78 is 5.28. The first-order valence-corrected chi connectivity index (χ1v) is 6.29. The normalized spacial score (nSPS) is 11.7. The number of likely N-dealkylation sites (N-methyl/N-ethyl adjacent to an activating group) is 1. The fraction of sp³-hybridized carbons (Fsp3) is 0.533. The Bertz CT molecular complexity index is 481. The molecule has 0 atom stereocenters. The van der Waals surface area contributed by atoms with Crippen LogP contribution in [0, 0.1) is 13.8 Å². The third-order valence-electron chi connectivity index (χ3n) is 3.95. The molecule has 0 heterocycles. The number of carboxylic acids is 1. The van der Waals surface area contributed by atoms with Gasteiger partial charge in [-0.15, -0.1) is 0 Å². The van der Waals surface area contributed by atoms with E-state index in [4.69, 9.17) is 4.74 Å². The Morgan fingerprint density at radius 2 is 1.89 bits per heavy atom. The van der Waals surface area contributed by atoms with Gasteiger partial charge in [0.1, 0.15) is 11.3 Å². The van der Waals surface area contributed by atoms with Crippen LogP contribution in [0.1, 0.15) is 30.5 Å². The Kier molecular flexibility index (Phi) is 4.58. The minimum atomic E-state index is -0.889. The first-order valence-electron chi connectivity index (χ1n) is 6.29. The van der Waals surface area contributed by atoms with E-state index in [0.29, 0.717) is 6.54 Å². The monoisotopic (exact) mass is 265 g/mol. The van der Waals surface area contributed by atoms with E-state index in [1.165, 1.54) is 0 Å². The van der Waals surface area contributed by atoms with Crippen molar-refractivity contribution in [2.45, 2.75) is 39.8 Å². The molecular formula is C15H23NO3. The van der Waals surface area contributed by atoms with E-state index < -0.39 is 11.5 Å². The molecule has 4 heteroatoms. The molecule has 1 rings (SSSR count). The highest BCUT2D eigenvalue weighted by atomic mass is 16.5. The zero-order valence-electron chi connectivity index (χ0n) is 12.6. The van der Waals surface area contributed by atoms with Crippen molar-refractivity contribution in [2.75, 3.05) is 14.2 Å². The zero-order chi connectivity index (χ0) is 14.8. The maximum Gasteiger partial charge on any atom is 0.323 e. The summed E-state index contributed by atoms with van der Waals surface area (Å²) in [6.45, 7) is 8.06. The molecule has 0 aliphatic rings. The highest BCUT2D eigenvalue weighted by molar-refractivity contribution is 5.77. The molecule has 1 aromatic rings. The van der Waals surface area contributed by atoms with Crippen LogP contribution in [0.5, 0.6) is 5.75 Å². The minimum absolute atomic E-state index is 0.593. The van der Waals surface area contributed by atoms with Crippen LogP contribution >= 0.6 is 0 Å². The average Bonchev–Trinajstić information content (AvgIpc) is 2.34. The van der Waals surface area contributed by atoms with Gasteiger partial charge in [0.15, 0.2) is 0 Å². The number of benzene rings is 1. The fourth-order valence-electron chi connectivity index (χ4n) is 1.86. The lowest BCUT2D eigenvalue weighted by Crippen LogP contribution is -2.47. The molecule has 0 aliphatic heterocycles. The van der Waals surface area contributed by atoms with Crippen molar-refractivity contribution in [1.29, 1.82) is 0 Å². The van der Waals surface area contributed by atoms with Crippen molar-refractivity contribution in [3.05, 3.63) is 28.8 Å². The molecule has 19 heavy (non-hydrogen) atoms. The molecule has 1 aromatic carbocycles. The number of hydrogen-bond acceptors (Lipinski definition) is 3. The van der Waals surface area contributed by atoms with Crippen molar-refractivity contribution in [2.24, 2.45) is 0 Å². The third-order valence-corrected chi connectivity index (χ3v) is 3.95. The second kappa shape index (κ2) is 5.61. The van der Waals surface area contributed by atoms with Gasteiger partial charge in [-0.05, 0) is 57.5 Å². The summed E-state index contributed by atoms with van der Waals surface area (Å²) in [5.41, 5.74) is 2.48. The molecule has 0 radical (unpaired) electrons. The number of hydrogen-bond donors (Lipinski definition) is 1. The quantitative estimate of drug-likeness (QED) is 0.889. The minimum Gasteiger partial charge on any atom is -0.496 e. The molecule has 0 spiro atoms. The van der Waals surface area contributed by atoms with Gasteiger partial charge in [-0.2, -0.15) is 0 Å². The maximum absolute atomic E-state index is 11.2. The van der Waals surface area contributed by atoms with Crippen molar-refractivity contribution in [3.8, 4) is 5.75 Å². The molecule has 106 valence electrons. The SMILES string of the molecule is COc1ccc(CN(C)C(C)(C)C(=O)O)c(C)c1C. The maximum atomic E-state index is 11.2. The molecule has 1 N–H and O–H groups in total. The fourth-order valence-corrected chi connectivity index (χ4v) is 1.86. The van der Waals surface area contributed by atoms with Crippen molar-refractivity contribution in [3.63, 3.8) is 0 Å². The summed E-state index contributed by atoms with van der Waals surface area (Å²) in [4.78, 5) is 13.1. The molecule has 0 aliphatic carbocycles. The lowest BCUT2D eigenvalue weighted by atomic mass is 9.99. The average molecular weight is 265 g/mol. The Morgan fingerprint density at radius 3 is 2.37 bits per heavy atom. The van der Waals surface area contributed by atoms with Crippen molar-refractivity contribution in [1.82, 2.24) is 4.90 Å². The molecule has 0 aromatic heterocycles. The van der Waals surface area contributed by atoms with Gasteiger partial charge >= 0.3 is 5.97 Å². The molecule has 0 amide bonds. The number of aliphatic carboxylic acids is 1. The van der Waals surface area contributed by atoms with Gasteiger partial charge in [-0.3, -0.25) is 9.69 Å². The van der Waals surface area contributed by atoms with E-state index in [0.717, 1.165) is 22.4 Å². The van der Waals surface area contributed by atoms with E-state index in [9.17, 15) is 9.90 Å². The van der Waals surface area contributed by atoms with Gasteiger partial charge in [0.05, 0.1) is 7.11 Å². The Morgan fingerprint density at radius 1 is 1.32 bits per heavy atom. The van der Waals surface area contributed by atoms with E-state index in [1.54, 1.807) is 21.0 Å². The van der Waals surface area contributed by atoms with Crippen molar-refractivity contribution < 1.29 is 14.6 Å². The Hall–Kier alpha value is -1.55. The molecule has 0 fully saturated rings. The van der Waals surface area contributed by atoms with Gasteiger partial charge in [-0.1, -0.05) is 6.07 Å². The summed E-state index contributed by atoms with van der Waals surface area (Å²) in [6.07, 6.45) is 0. The second-order valence-corrected chi connectivity index (χ2v) is 5.40. The summed E-state index contributed by atoms with van der Waals surface area (Å²) in [5, 5.41) is 9.23. The van der Waals surface area contributed by atoms with Crippen LogP contribution in [0.4, 0.5) is 0 Å². The lowest BCUT2D eigenvalue weighted by Gasteiger charge is -2.32. The van der Waals surface area contributed by atoms with Gasteiger partial charge in [0.2, 0.25) is 0 Å². The summed E-state index contributed by atoms with van der Waals surface area (Å²) >= 11 is 0. The van der Waals surface area contributed by atoms with Crippen LogP contribution in [-0.2, 0) is 11.3 Å². The number of rotatable bonds is 5. The molecule has 0 unspecified atom stereocenters. The van der Waals surface area contributed by atoms with E-state index in [1.807, 2.05) is 37.9 Å². The van der Waals surface area contributed by atoms with Crippen LogP contribution < -0.4 is 4.74 Å². The Balaban J connectivity index is 3.01. The number of methoxy groups -OCH3 is 1. The van der Waals surface area contributed by atoms with Gasteiger partial charge in [0, 0.05) is 6.54 Å². The Labute approximate surface area is 115 Å². The molecular weight excluding hydrogens is 242 g/mol. The topological polar surface area (TPSA) is 49.8 Å². The van der Waals surface area contributed by atoms with E-state index >= 15 is 0 Å². The standard InChI is InChI=1S/C15H23NO3/c1-10-11(2)13(19-6)8-7-12(10)9-16(5)15(3,4)14(17)18/h7-8H,9H2,1-6H3,(H,17,18). The van der Waals surface area contributed by atoms with Crippen LogP contribution in [0.2, 0.25) is 0 Å². The molecule has 0 saturated heterocycles. The summed E-state index contributed by atoms with van der Waals surface area (Å²) in [7, 11) is 3.48. The summed E-state index contributed by atoms with van der Waals surface area (Å²) in [5.74, 6) is 0.0410. The van der Waals surface area contributed by atoms with Gasteiger partial charge in [0.25, 0.3) is 0 Å². The smallest absolute Gasteiger partial charge is 0.323 e. The van der Waals surface area contributed by atoms with Crippen LogP contribution in [0.15, 0.2) is 12.1 Å². The predicted molar refractivity (Wildman–Crippen MR) is 75.6 cm³/mol. The molecule has 4 nitrogen and oxygen atoms in total. The van der Waals surface area contributed by atoms with Crippen molar-refractivity contribution >= 4 is 5.97 Å². The van der Waals surface area contributed by atoms with Gasteiger partial charge < -0.3 is 9.84 Å². The van der Waals surface area contributed by atoms with Gasteiger partial charge in [-0.25, -0.2) is 0 Å². The zero-order valence-corrected chi connectivity index (χ0v) is 12.6. The molecule has 0 saturated carbocycles. The van der Waals surface area contributed by atoms with E-state index in [2.05, 4.69) is 0 Å². The first kappa shape index (κ1) is 15.5. The summed E-state index contributed by atoms with van der Waals surface area (Å²) in [6, 6.07) is 3.93. The van der Waals surface area contributed by atoms with Crippen LogP contribution in [-0.4, -0.2) is 35.7 Å². The van der Waals surface area contributed by atoms with Crippen LogP contribution in [0.25, 0.3) is 0 Å². The number of carboxylic acid groups (broad SMARTS) is 1. The number of ether oxygens (including phenoxy) is 1. The second-order valence-electron chi connectivity index (χ2n) is 5.40. The highest BCUT2D eigenvalue weighted by Gasteiger charge is 2.32. The highest BCUT2D eigenvalue weighted by Crippen LogP contribution is 2.26. The molecule has 0 bridgehead atoms. The third kappa shape index (κ3) is 3.07. The largest absolute Gasteiger partial charge is 0.496 e. The number of nitrogens with zero attached hydrogens (tertiary/aromatic N) is 1. The lowest BCUT2D eigenvalue weighted by molar-refractivity contribution is -0.148.